The van der Waals surface area contributed by atoms with E-state index < -0.39 is 5.97 Å². The number of carboxylic acids is 1. The van der Waals surface area contributed by atoms with Gasteiger partial charge >= 0.3 is 5.97 Å². The Morgan fingerprint density at radius 3 is 2.56 bits per heavy atom. The molecule has 4 nitrogen and oxygen atoms in total. The molecule has 4 N–H and O–H groups in total. The molecule has 96 valence electrons. The van der Waals surface area contributed by atoms with Crippen molar-refractivity contribution in [1.29, 1.82) is 0 Å². The maximum atomic E-state index is 10.8. The highest BCUT2D eigenvalue weighted by atomic mass is 79.9. The molecule has 1 heterocycles. The maximum Gasteiger partial charge on any atom is 0.345 e. The molecule has 0 unspecified atom stereocenters. The van der Waals surface area contributed by atoms with Gasteiger partial charge in [-0.1, -0.05) is 0 Å². The van der Waals surface area contributed by atoms with E-state index in [0.29, 0.717) is 16.1 Å². The van der Waals surface area contributed by atoms with Crippen LogP contribution in [0.5, 0.6) is 5.75 Å². The molecule has 0 aliphatic carbocycles. The zero-order valence-corrected chi connectivity index (χ0v) is 12.0. The largest absolute Gasteiger partial charge is 0.505 e. The highest BCUT2D eigenvalue weighted by Crippen LogP contribution is 2.38. The first-order valence-electron chi connectivity index (χ1n) is 4.91. The van der Waals surface area contributed by atoms with E-state index in [9.17, 15) is 9.90 Å². The monoisotopic (exact) mass is 329 g/mol. The van der Waals surface area contributed by atoms with Crippen LogP contribution in [0.2, 0.25) is 0 Å². The molecule has 0 fully saturated rings. The number of nitrogens with two attached hydrogens (primary N) is 1. The van der Waals surface area contributed by atoms with E-state index in [-0.39, 0.29) is 27.6 Å². The molecule has 2 aromatic rings. The molecule has 0 radical (unpaired) electrons. The van der Waals surface area contributed by atoms with Crippen molar-refractivity contribution in [3.8, 4) is 16.2 Å². The van der Waals surface area contributed by atoms with Gasteiger partial charge in [-0.2, -0.15) is 0 Å². The fourth-order valence-corrected chi connectivity index (χ4v) is 2.45. The molecule has 6 heteroatoms. The number of anilines is 1. The summed E-state index contributed by atoms with van der Waals surface area (Å²) in [6.07, 6.45) is 0. The van der Waals surface area contributed by atoms with Crippen LogP contribution in [-0.4, -0.2) is 16.2 Å². The number of thiophene rings is 1. The van der Waals surface area contributed by atoms with E-state index in [1.807, 2.05) is 6.92 Å². The molecule has 0 saturated heterocycles. The average Bonchev–Trinajstić information content (AvgIpc) is 2.72. The third kappa shape index (κ3) is 2.65. The van der Waals surface area contributed by atoms with Crippen molar-refractivity contribution in [2.75, 3.05) is 5.73 Å². The van der Waals surface area contributed by atoms with Crippen LogP contribution < -0.4 is 5.73 Å². The van der Waals surface area contributed by atoms with Crippen molar-refractivity contribution in [1.82, 2.24) is 0 Å². The lowest BCUT2D eigenvalue weighted by Gasteiger charge is -2.06. The Morgan fingerprint density at radius 1 is 1.33 bits per heavy atom. The van der Waals surface area contributed by atoms with Gasteiger partial charge in [0.1, 0.15) is 10.6 Å². The first-order chi connectivity index (χ1) is 7.99. The number of phenols is 1. The van der Waals surface area contributed by atoms with Crippen LogP contribution in [-0.2, 0) is 0 Å². The molecule has 1 aromatic carbocycles. The Kier molecular flexibility index (Phi) is 4.37. The van der Waals surface area contributed by atoms with E-state index in [1.165, 1.54) is 6.07 Å². The predicted octanol–water partition coefficient (Wildman–Crippen LogP) is 3.29. The number of rotatable bonds is 2. The number of hydrogen-bond acceptors (Lipinski definition) is 4. The predicted molar refractivity (Wildman–Crippen MR) is 77.9 cm³/mol. The average molecular weight is 330 g/mol. The number of carboxylic acid groups (broad SMARTS) is 1. The van der Waals surface area contributed by atoms with E-state index in [4.69, 9.17) is 10.8 Å². The summed E-state index contributed by atoms with van der Waals surface area (Å²) in [4.78, 5) is 11.7. The summed E-state index contributed by atoms with van der Waals surface area (Å²) in [6.45, 7) is 1.87. The van der Waals surface area contributed by atoms with Crippen LogP contribution in [0.25, 0.3) is 10.4 Å². The molecule has 0 saturated carbocycles. The Labute approximate surface area is 118 Å². The molecule has 0 atom stereocenters. The van der Waals surface area contributed by atoms with Gasteiger partial charge in [-0.25, -0.2) is 4.79 Å². The standard InChI is InChI=1S/C12H11NO3S.BrH/c1-6-4-7(11(14)8(13)5-6)9-2-3-10(17-9)12(15)16;/h2-5,14H,13H2,1H3,(H,15,16);1H. The van der Waals surface area contributed by atoms with Gasteiger partial charge in [0.25, 0.3) is 0 Å². The van der Waals surface area contributed by atoms with E-state index in [1.54, 1.807) is 18.2 Å². The summed E-state index contributed by atoms with van der Waals surface area (Å²) < 4.78 is 0. The third-order valence-corrected chi connectivity index (χ3v) is 3.47. The molecule has 0 aliphatic rings. The van der Waals surface area contributed by atoms with Gasteiger partial charge in [0, 0.05) is 10.4 Å². The van der Waals surface area contributed by atoms with Gasteiger partial charge < -0.3 is 15.9 Å². The molecule has 0 spiro atoms. The van der Waals surface area contributed by atoms with Gasteiger partial charge in [-0.05, 0) is 36.8 Å². The number of aryl methyl sites for hydroxylation is 1. The molecular weight excluding hydrogens is 318 g/mol. The number of carbonyl (C=O) groups is 1. The molecule has 2 rings (SSSR count). The van der Waals surface area contributed by atoms with Gasteiger partial charge in [-0.3, -0.25) is 0 Å². The van der Waals surface area contributed by atoms with Gasteiger partial charge in [0.15, 0.2) is 0 Å². The number of phenolic OH excluding ortho intramolecular Hbond substituents is 1. The normalized spacial score (nSPS) is 9.83. The minimum atomic E-state index is -0.971. The molecular formula is C12H12BrNO3S. The van der Waals surface area contributed by atoms with Crippen LogP contribution in [0.4, 0.5) is 5.69 Å². The van der Waals surface area contributed by atoms with Crippen LogP contribution in [0.1, 0.15) is 15.2 Å². The van der Waals surface area contributed by atoms with Crippen LogP contribution in [0.15, 0.2) is 24.3 Å². The SMILES string of the molecule is Br.Cc1cc(N)c(O)c(-c2ccc(C(=O)O)s2)c1. The van der Waals surface area contributed by atoms with Crippen molar-refractivity contribution in [2.24, 2.45) is 0 Å². The Hall–Kier alpha value is -1.53. The van der Waals surface area contributed by atoms with Gasteiger partial charge in [-0.15, -0.1) is 28.3 Å². The fraction of sp³-hybridized carbons (Fsp3) is 0.0833. The number of benzene rings is 1. The van der Waals surface area contributed by atoms with Gasteiger partial charge in [0.05, 0.1) is 5.69 Å². The maximum absolute atomic E-state index is 10.8. The van der Waals surface area contributed by atoms with Crippen LogP contribution >= 0.6 is 28.3 Å². The zero-order valence-electron chi connectivity index (χ0n) is 9.51. The number of nitrogen functional groups attached to an aromatic ring is 1. The number of halogens is 1. The topological polar surface area (TPSA) is 83.5 Å². The third-order valence-electron chi connectivity index (χ3n) is 2.37. The van der Waals surface area contributed by atoms with E-state index in [2.05, 4.69) is 0 Å². The summed E-state index contributed by atoms with van der Waals surface area (Å²) in [7, 11) is 0. The quantitative estimate of drug-likeness (QED) is 0.583. The second kappa shape index (κ2) is 5.41. The summed E-state index contributed by atoms with van der Waals surface area (Å²) >= 11 is 1.11. The Balaban J connectivity index is 0.00000162. The second-order valence-corrected chi connectivity index (χ2v) is 4.80. The second-order valence-electron chi connectivity index (χ2n) is 3.72. The summed E-state index contributed by atoms with van der Waals surface area (Å²) in [5.41, 5.74) is 7.45. The van der Waals surface area contributed by atoms with Crippen LogP contribution in [0, 0.1) is 6.92 Å². The van der Waals surface area contributed by atoms with E-state index >= 15 is 0 Å². The highest BCUT2D eigenvalue weighted by molar-refractivity contribution is 8.93. The Morgan fingerprint density at radius 2 is 2.00 bits per heavy atom. The van der Waals surface area contributed by atoms with Crippen molar-refractivity contribution >= 4 is 40.0 Å². The summed E-state index contributed by atoms with van der Waals surface area (Å²) in [6, 6.07) is 6.63. The number of hydrogen-bond donors (Lipinski definition) is 3. The van der Waals surface area contributed by atoms with Crippen molar-refractivity contribution in [3.63, 3.8) is 0 Å². The highest BCUT2D eigenvalue weighted by Gasteiger charge is 2.13. The Bertz CT molecular complexity index is 595. The fourth-order valence-electron chi connectivity index (χ4n) is 1.59. The van der Waals surface area contributed by atoms with Gasteiger partial charge in [0.2, 0.25) is 0 Å². The summed E-state index contributed by atoms with van der Waals surface area (Å²) in [5.74, 6) is -0.976. The first kappa shape index (κ1) is 14.5. The lowest BCUT2D eigenvalue weighted by atomic mass is 10.1. The number of aromatic hydroxyl groups is 1. The molecule has 18 heavy (non-hydrogen) atoms. The van der Waals surface area contributed by atoms with Crippen molar-refractivity contribution < 1.29 is 15.0 Å². The molecule has 0 bridgehead atoms. The number of aromatic carboxylic acids is 1. The van der Waals surface area contributed by atoms with Crippen LogP contribution in [0.3, 0.4) is 0 Å². The lowest BCUT2D eigenvalue weighted by molar-refractivity contribution is 0.0702. The summed E-state index contributed by atoms with van der Waals surface area (Å²) in [5, 5.41) is 18.7. The first-order valence-corrected chi connectivity index (χ1v) is 5.73. The van der Waals surface area contributed by atoms with E-state index in [0.717, 1.165) is 16.9 Å². The zero-order chi connectivity index (χ0) is 12.6. The van der Waals surface area contributed by atoms with Crippen molar-refractivity contribution in [2.45, 2.75) is 6.92 Å². The molecule has 0 aliphatic heterocycles. The van der Waals surface area contributed by atoms with Crippen molar-refractivity contribution in [3.05, 3.63) is 34.7 Å². The molecule has 0 amide bonds. The lowest BCUT2D eigenvalue weighted by Crippen LogP contribution is -1.90. The minimum Gasteiger partial charge on any atom is -0.505 e. The molecule has 1 aromatic heterocycles. The smallest absolute Gasteiger partial charge is 0.345 e. The minimum absolute atomic E-state index is 0.